The van der Waals surface area contributed by atoms with E-state index in [1.807, 2.05) is 0 Å². The highest BCUT2D eigenvalue weighted by Gasteiger charge is 2.28. The fourth-order valence-corrected chi connectivity index (χ4v) is 4.41. The quantitative estimate of drug-likeness (QED) is 0.413. The van der Waals surface area contributed by atoms with Gasteiger partial charge in [0.25, 0.3) is 11.5 Å². The predicted molar refractivity (Wildman–Crippen MR) is 124 cm³/mol. The second-order valence-corrected chi connectivity index (χ2v) is 9.04. The largest absolute Gasteiger partial charge is 0.456 e. The Morgan fingerprint density at radius 1 is 1.12 bits per heavy atom. The Kier molecular flexibility index (Phi) is 5.65. The van der Waals surface area contributed by atoms with Crippen molar-refractivity contribution in [2.75, 3.05) is 5.32 Å². The first-order valence-electron chi connectivity index (χ1n) is 10.2. The Morgan fingerprint density at radius 2 is 1.91 bits per heavy atom. The zero-order chi connectivity index (χ0) is 22.9. The average Bonchev–Trinajstić information content (AvgIpc) is 3.57. The summed E-state index contributed by atoms with van der Waals surface area (Å²) in [5.74, 6) is -0.502. The number of rotatable bonds is 6. The molecule has 2 aromatic carbocycles. The van der Waals surface area contributed by atoms with Gasteiger partial charge in [-0.25, -0.2) is 9.78 Å². The number of ether oxygens (including phenoxy) is 1. The van der Waals surface area contributed by atoms with Crippen LogP contribution in [0.15, 0.2) is 59.4 Å². The molecule has 33 heavy (non-hydrogen) atoms. The molecule has 1 aliphatic carbocycles. The van der Waals surface area contributed by atoms with Crippen molar-refractivity contribution in [3.63, 3.8) is 0 Å². The van der Waals surface area contributed by atoms with Crippen LogP contribution in [0.25, 0.3) is 4.96 Å². The number of nitrogens with one attached hydrogen (secondary N) is 1. The lowest BCUT2D eigenvalue weighted by Crippen LogP contribution is -2.17. The highest BCUT2D eigenvalue weighted by atomic mass is 35.5. The summed E-state index contributed by atoms with van der Waals surface area (Å²) >= 11 is 7.24. The molecule has 0 radical (unpaired) electrons. The van der Waals surface area contributed by atoms with Crippen LogP contribution in [0.4, 0.5) is 5.69 Å². The predicted octanol–water partition coefficient (Wildman–Crippen LogP) is 4.29. The minimum Gasteiger partial charge on any atom is -0.456 e. The number of benzene rings is 2. The van der Waals surface area contributed by atoms with Gasteiger partial charge in [-0.15, -0.1) is 0 Å². The number of carbonyl (C=O) groups excluding carboxylic acids is 2. The van der Waals surface area contributed by atoms with E-state index in [0.29, 0.717) is 32.8 Å². The molecule has 1 amide bonds. The molecule has 4 aromatic rings. The Balaban J connectivity index is 1.26. The van der Waals surface area contributed by atoms with E-state index in [1.54, 1.807) is 42.5 Å². The highest BCUT2D eigenvalue weighted by Crippen LogP contribution is 2.41. The van der Waals surface area contributed by atoms with Crippen LogP contribution in [0.1, 0.15) is 50.2 Å². The van der Waals surface area contributed by atoms with Crippen molar-refractivity contribution in [1.29, 1.82) is 0 Å². The number of carbonyl (C=O) groups is 2. The van der Waals surface area contributed by atoms with Crippen LogP contribution in [0.5, 0.6) is 0 Å². The Morgan fingerprint density at radius 3 is 2.67 bits per heavy atom. The van der Waals surface area contributed by atoms with Crippen molar-refractivity contribution in [3.05, 3.63) is 91.8 Å². The summed E-state index contributed by atoms with van der Waals surface area (Å²) < 4.78 is 6.64. The molecule has 0 unspecified atom stereocenters. The lowest BCUT2D eigenvalue weighted by atomic mass is 10.1. The van der Waals surface area contributed by atoms with Crippen molar-refractivity contribution >= 4 is 45.5 Å². The van der Waals surface area contributed by atoms with Crippen molar-refractivity contribution in [3.8, 4) is 0 Å². The summed E-state index contributed by atoms with van der Waals surface area (Å²) in [6.07, 6.45) is 2.16. The van der Waals surface area contributed by atoms with Gasteiger partial charge in [0, 0.05) is 28.3 Å². The first-order chi connectivity index (χ1) is 16.0. The van der Waals surface area contributed by atoms with Gasteiger partial charge in [0.2, 0.25) is 4.96 Å². The van der Waals surface area contributed by atoms with E-state index in [1.165, 1.54) is 28.0 Å². The molecule has 2 aromatic heterocycles. The molecule has 166 valence electrons. The Bertz CT molecular complexity index is 1430. The van der Waals surface area contributed by atoms with E-state index >= 15 is 0 Å². The van der Waals surface area contributed by atoms with Crippen molar-refractivity contribution in [2.45, 2.75) is 25.4 Å². The summed E-state index contributed by atoms with van der Waals surface area (Å²) in [6, 6.07) is 14.2. The van der Waals surface area contributed by atoms with Crippen LogP contribution < -0.4 is 10.9 Å². The summed E-state index contributed by atoms with van der Waals surface area (Å²) in [4.78, 5) is 42.2. The number of hydrogen-bond acceptors (Lipinski definition) is 7. The first-order valence-corrected chi connectivity index (χ1v) is 11.4. The molecule has 10 heteroatoms. The number of amides is 1. The number of anilines is 1. The number of aromatic nitrogens is 3. The Hall–Kier alpha value is -3.56. The highest BCUT2D eigenvalue weighted by molar-refractivity contribution is 7.16. The summed E-state index contributed by atoms with van der Waals surface area (Å²) in [5.41, 5.74) is 1.19. The third kappa shape index (κ3) is 4.79. The minimum absolute atomic E-state index is 0.150. The molecule has 0 bridgehead atoms. The number of esters is 1. The molecular formula is C23H17ClN4O4S. The van der Waals surface area contributed by atoms with E-state index in [2.05, 4.69) is 15.4 Å². The van der Waals surface area contributed by atoms with Gasteiger partial charge in [0.05, 0.1) is 11.3 Å². The summed E-state index contributed by atoms with van der Waals surface area (Å²) in [7, 11) is 0. The number of fused-ring (bicyclic) bond motifs is 1. The van der Waals surface area contributed by atoms with Crippen LogP contribution in [0.3, 0.4) is 0 Å². The third-order valence-corrected chi connectivity index (χ3v) is 6.38. The van der Waals surface area contributed by atoms with E-state index in [-0.39, 0.29) is 23.6 Å². The van der Waals surface area contributed by atoms with Crippen molar-refractivity contribution < 1.29 is 14.3 Å². The van der Waals surface area contributed by atoms with Gasteiger partial charge in [0.15, 0.2) is 0 Å². The first kappa shape index (κ1) is 21.3. The van der Waals surface area contributed by atoms with E-state index in [9.17, 15) is 14.4 Å². The van der Waals surface area contributed by atoms with Gasteiger partial charge < -0.3 is 10.1 Å². The van der Waals surface area contributed by atoms with Crippen LogP contribution >= 0.6 is 22.9 Å². The maximum Gasteiger partial charge on any atom is 0.338 e. The molecule has 5 rings (SSSR count). The zero-order valence-corrected chi connectivity index (χ0v) is 18.7. The van der Waals surface area contributed by atoms with Crippen molar-refractivity contribution in [1.82, 2.24) is 14.6 Å². The Labute approximate surface area is 196 Å². The molecule has 0 aliphatic heterocycles. The molecular weight excluding hydrogens is 464 g/mol. The second kappa shape index (κ2) is 8.76. The normalized spacial score (nSPS) is 13.1. The van der Waals surface area contributed by atoms with Gasteiger partial charge in [-0.2, -0.15) is 9.61 Å². The number of nitrogens with zero attached hydrogens (tertiary/aromatic N) is 3. The fraction of sp³-hybridized carbons (Fsp3) is 0.174. The minimum atomic E-state index is -0.595. The smallest absolute Gasteiger partial charge is 0.338 e. The molecule has 1 N–H and O–H groups in total. The summed E-state index contributed by atoms with van der Waals surface area (Å²) in [5, 5.41) is 8.51. The van der Waals surface area contributed by atoms with Crippen molar-refractivity contribution in [2.24, 2.45) is 0 Å². The van der Waals surface area contributed by atoms with Gasteiger partial charge in [-0.1, -0.05) is 29.0 Å². The van der Waals surface area contributed by atoms with Crippen LogP contribution in [0.2, 0.25) is 5.02 Å². The SMILES string of the molecule is O=C(Nc1cccc(C(=O)OCc2cc(=O)n3nc(C4CC4)sc3n2)c1)c1ccc(Cl)cc1. The van der Waals surface area contributed by atoms with Gasteiger partial charge in [-0.05, 0) is 55.3 Å². The van der Waals surface area contributed by atoms with E-state index in [4.69, 9.17) is 16.3 Å². The van der Waals surface area contributed by atoms with Crippen LogP contribution in [-0.4, -0.2) is 26.5 Å². The fourth-order valence-electron chi connectivity index (χ4n) is 3.19. The molecule has 0 spiro atoms. The lowest BCUT2D eigenvalue weighted by molar-refractivity contribution is 0.0467. The summed E-state index contributed by atoms with van der Waals surface area (Å²) in [6.45, 7) is -0.150. The number of halogens is 1. The molecule has 1 fully saturated rings. The third-order valence-electron chi connectivity index (χ3n) is 5.05. The topological polar surface area (TPSA) is 103 Å². The van der Waals surface area contributed by atoms with Crippen LogP contribution in [0, 0.1) is 0 Å². The lowest BCUT2D eigenvalue weighted by Gasteiger charge is -2.08. The number of hydrogen-bond donors (Lipinski definition) is 1. The monoisotopic (exact) mass is 480 g/mol. The van der Waals surface area contributed by atoms with Gasteiger partial charge >= 0.3 is 5.97 Å². The standard InChI is InChI=1S/C23H17ClN4O4S/c24-16-8-6-13(7-9-16)20(30)25-17-3-1-2-15(10-17)22(31)32-12-18-11-19(29)28-23(26-18)33-21(27-28)14-4-5-14/h1-3,6-11,14H,4-5,12H2,(H,25,30). The maximum atomic E-state index is 12.5. The van der Waals surface area contributed by atoms with Gasteiger partial charge in [-0.3, -0.25) is 9.59 Å². The average molecular weight is 481 g/mol. The van der Waals surface area contributed by atoms with E-state index < -0.39 is 5.97 Å². The van der Waals surface area contributed by atoms with Gasteiger partial charge in [0.1, 0.15) is 11.6 Å². The molecule has 1 aliphatic rings. The van der Waals surface area contributed by atoms with Crippen LogP contribution in [-0.2, 0) is 11.3 Å². The molecule has 1 saturated carbocycles. The molecule has 0 atom stereocenters. The molecule has 0 saturated heterocycles. The second-order valence-electron chi connectivity index (χ2n) is 7.61. The zero-order valence-electron chi connectivity index (χ0n) is 17.2. The molecule has 8 nitrogen and oxygen atoms in total. The molecule has 2 heterocycles. The maximum absolute atomic E-state index is 12.5. The van der Waals surface area contributed by atoms with E-state index in [0.717, 1.165) is 17.8 Å².